The van der Waals surface area contributed by atoms with E-state index in [1.165, 1.54) is 5.57 Å². The molecule has 1 aliphatic heterocycles. The molecule has 3 heteroatoms. The van der Waals surface area contributed by atoms with Gasteiger partial charge >= 0.3 is 0 Å². The van der Waals surface area contributed by atoms with Crippen molar-refractivity contribution < 1.29 is 9.16 Å². The fourth-order valence-corrected chi connectivity index (χ4v) is 4.74. The zero-order chi connectivity index (χ0) is 12.0. The summed E-state index contributed by atoms with van der Waals surface area (Å²) in [6.07, 6.45) is 3.63. The maximum Gasteiger partial charge on any atom is 0.184 e. The molecule has 1 heterocycles. The summed E-state index contributed by atoms with van der Waals surface area (Å²) in [5.41, 5.74) is 1.37. The average Bonchev–Trinajstić information content (AvgIpc) is 2.34. The van der Waals surface area contributed by atoms with Crippen molar-refractivity contribution in [2.45, 2.75) is 57.5 Å². The lowest BCUT2D eigenvalue weighted by Crippen LogP contribution is -2.44. The first-order valence-corrected chi connectivity index (χ1v) is 9.69. The molecule has 1 saturated carbocycles. The van der Waals surface area contributed by atoms with Crippen LogP contribution in [0, 0.1) is 5.92 Å². The summed E-state index contributed by atoms with van der Waals surface area (Å²) in [6, 6.07) is 0. The fourth-order valence-electron chi connectivity index (χ4n) is 3.18. The summed E-state index contributed by atoms with van der Waals surface area (Å²) < 4.78 is 12.3. The molecule has 2 fully saturated rings. The number of rotatable bonds is 3. The average molecular weight is 240 g/mol. The topological polar surface area (TPSA) is 18.5 Å². The largest absolute Gasteiger partial charge is 0.412 e. The molecule has 16 heavy (non-hydrogen) atoms. The van der Waals surface area contributed by atoms with Gasteiger partial charge in [-0.2, -0.15) is 0 Å². The van der Waals surface area contributed by atoms with Gasteiger partial charge in [0.1, 0.15) is 0 Å². The van der Waals surface area contributed by atoms with Crippen molar-refractivity contribution in [2.75, 3.05) is 6.61 Å². The van der Waals surface area contributed by atoms with Crippen molar-refractivity contribution in [3.05, 3.63) is 12.2 Å². The molecule has 1 aliphatic carbocycles. The highest BCUT2D eigenvalue weighted by Crippen LogP contribution is 2.48. The minimum Gasteiger partial charge on any atom is -0.412 e. The van der Waals surface area contributed by atoms with E-state index in [-0.39, 0.29) is 5.60 Å². The summed E-state index contributed by atoms with van der Waals surface area (Å²) >= 11 is 0. The summed E-state index contributed by atoms with van der Waals surface area (Å²) in [6.45, 7) is 13.9. The minimum atomic E-state index is -1.46. The smallest absolute Gasteiger partial charge is 0.184 e. The fraction of sp³-hybridized carbons (Fsp3) is 0.846. The highest BCUT2D eigenvalue weighted by molar-refractivity contribution is 6.69. The van der Waals surface area contributed by atoms with Crippen molar-refractivity contribution >= 4 is 8.32 Å². The standard InChI is InChI=1S/C13H24O2Si/c1-10(2)11-8-13(15-16(3,4)5)6-7-14-12(11)9-13/h11-12H,1,6-9H2,2-5H3/t11-,12-,13+/m0/s1. The van der Waals surface area contributed by atoms with Gasteiger partial charge in [-0.25, -0.2) is 0 Å². The monoisotopic (exact) mass is 240 g/mol. The van der Waals surface area contributed by atoms with E-state index >= 15 is 0 Å². The van der Waals surface area contributed by atoms with Crippen molar-refractivity contribution in [3.8, 4) is 0 Å². The lowest BCUT2D eigenvalue weighted by Gasteiger charge is -2.38. The highest BCUT2D eigenvalue weighted by atomic mass is 28.4. The molecule has 2 aliphatic rings. The van der Waals surface area contributed by atoms with Gasteiger partial charge in [-0.05, 0) is 39.4 Å². The Hall–Kier alpha value is -0.123. The first kappa shape index (κ1) is 12.3. The molecular formula is C13H24O2Si. The van der Waals surface area contributed by atoms with Crippen LogP contribution in [-0.4, -0.2) is 26.6 Å². The molecule has 0 N–H and O–H groups in total. The van der Waals surface area contributed by atoms with Crippen LogP contribution < -0.4 is 0 Å². The maximum absolute atomic E-state index is 6.46. The van der Waals surface area contributed by atoms with Gasteiger partial charge in [-0.3, -0.25) is 0 Å². The van der Waals surface area contributed by atoms with Crippen molar-refractivity contribution in [1.82, 2.24) is 0 Å². The van der Waals surface area contributed by atoms with E-state index in [0.717, 1.165) is 25.9 Å². The quantitative estimate of drug-likeness (QED) is 0.556. The second-order valence-electron chi connectivity index (χ2n) is 6.42. The molecule has 3 atom stereocenters. The van der Waals surface area contributed by atoms with Crippen LogP contribution >= 0.6 is 0 Å². The SMILES string of the molecule is C=C(C)[C@@H]1C[C@]2(O[Si](C)(C)C)CCO[C@H]1C2. The van der Waals surface area contributed by atoms with Crippen LogP contribution in [0.5, 0.6) is 0 Å². The number of fused-ring (bicyclic) bond motifs is 2. The lowest BCUT2D eigenvalue weighted by molar-refractivity contribution is -0.0521. The van der Waals surface area contributed by atoms with Gasteiger partial charge in [0.2, 0.25) is 0 Å². The summed E-state index contributed by atoms with van der Waals surface area (Å²) in [4.78, 5) is 0. The van der Waals surface area contributed by atoms with E-state index < -0.39 is 8.32 Å². The van der Waals surface area contributed by atoms with Gasteiger partial charge < -0.3 is 9.16 Å². The van der Waals surface area contributed by atoms with Crippen LogP contribution in [0.3, 0.4) is 0 Å². The Bertz CT molecular complexity index is 295. The highest BCUT2D eigenvalue weighted by Gasteiger charge is 2.51. The lowest BCUT2D eigenvalue weighted by atomic mass is 9.94. The predicted octanol–water partition coefficient (Wildman–Crippen LogP) is 3.35. The van der Waals surface area contributed by atoms with Gasteiger partial charge in [0.25, 0.3) is 0 Å². The molecule has 0 spiro atoms. The Kier molecular flexibility index (Phi) is 3.06. The van der Waals surface area contributed by atoms with Crippen molar-refractivity contribution in [1.29, 1.82) is 0 Å². The maximum atomic E-state index is 6.46. The Morgan fingerprint density at radius 3 is 2.62 bits per heavy atom. The van der Waals surface area contributed by atoms with E-state index in [0.29, 0.717) is 12.0 Å². The van der Waals surface area contributed by atoms with Crippen molar-refractivity contribution in [2.24, 2.45) is 5.92 Å². The first-order valence-electron chi connectivity index (χ1n) is 6.29. The van der Waals surface area contributed by atoms with Gasteiger partial charge in [0.15, 0.2) is 8.32 Å². The molecule has 1 saturated heterocycles. The van der Waals surface area contributed by atoms with Gasteiger partial charge in [-0.1, -0.05) is 12.2 Å². The first-order chi connectivity index (χ1) is 7.31. The third kappa shape index (κ3) is 2.41. The molecule has 2 bridgehead atoms. The second-order valence-corrected chi connectivity index (χ2v) is 10.8. The van der Waals surface area contributed by atoms with Crippen molar-refractivity contribution in [3.63, 3.8) is 0 Å². The number of hydrogen-bond donors (Lipinski definition) is 0. The van der Waals surface area contributed by atoms with Crippen LogP contribution in [0.2, 0.25) is 19.6 Å². The number of hydrogen-bond acceptors (Lipinski definition) is 2. The third-order valence-electron chi connectivity index (χ3n) is 3.66. The van der Waals surface area contributed by atoms with E-state index in [2.05, 4.69) is 33.1 Å². The zero-order valence-electron chi connectivity index (χ0n) is 11.0. The Labute approximate surface area is 100 Å². The van der Waals surface area contributed by atoms with E-state index in [9.17, 15) is 0 Å². The molecule has 0 radical (unpaired) electrons. The number of ether oxygens (including phenoxy) is 1. The molecule has 2 nitrogen and oxygen atoms in total. The van der Waals surface area contributed by atoms with Crippen LogP contribution in [0.1, 0.15) is 26.2 Å². The van der Waals surface area contributed by atoms with Crippen LogP contribution in [0.4, 0.5) is 0 Å². The molecule has 0 aromatic heterocycles. The summed E-state index contributed by atoms with van der Waals surface area (Å²) in [7, 11) is -1.46. The molecule has 92 valence electrons. The van der Waals surface area contributed by atoms with E-state index in [1.807, 2.05) is 0 Å². The Balaban J connectivity index is 2.14. The van der Waals surface area contributed by atoms with Gasteiger partial charge in [-0.15, -0.1) is 0 Å². The van der Waals surface area contributed by atoms with Gasteiger partial charge in [0, 0.05) is 18.9 Å². The Morgan fingerprint density at radius 2 is 2.06 bits per heavy atom. The summed E-state index contributed by atoms with van der Waals surface area (Å²) in [5, 5.41) is 0. The minimum absolute atomic E-state index is 0.108. The molecular weight excluding hydrogens is 216 g/mol. The Morgan fingerprint density at radius 1 is 1.38 bits per heavy atom. The molecule has 0 unspecified atom stereocenters. The predicted molar refractivity (Wildman–Crippen MR) is 69.1 cm³/mol. The third-order valence-corrected chi connectivity index (χ3v) is 4.70. The second kappa shape index (κ2) is 3.97. The zero-order valence-corrected chi connectivity index (χ0v) is 12.0. The van der Waals surface area contributed by atoms with Crippen LogP contribution in [0.15, 0.2) is 12.2 Å². The van der Waals surface area contributed by atoms with Crippen LogP contribution in [-0.2, 0) is 9.16 Å². The van der Waals surface area contributed by atoms with E-state index in [1.54, 1.807) is 0 Å². The van der Waals surface area contributed by atoms with Gasteiger partial charge in [0.05, 0.1) is 11.7 Å². The van der Waals surface area contributed by atoms with E-state index in [4.69, 9.17) is 9.16 Å². The van der Waals surface area contributed by atoms with Crippen LogP contribution in [0.25, 0.3) is 0 Å². The summed E-state index contributed by atoms with van der Waals surface area (Å²) in [5.74, 6) is 0.513. The molecule has 0 aromatic carbocycles. The molecule has 0 aromatic rings. The normalized spacial score (nSPS) is 38.8. The molecule has 2 rings (SSSR count). The molecule has 0 amide bonds.